The molecule has 316 valence electrons. The van der Waals surface area contributed by atoms with E-state index in [0.29, 0.717) is 41.4 Å². The van der Waals surface area contributed by atoms with Crippen LogP contribution in [0.2, 0.25) is 0 Å². The minimum atomic E-state index is -4.95. The molecule has 4 rings (SSSR count). The van der Waals surface area contributed by atoms with Crippen LogP contribution in [-0.2, 0) is 45.3 Å². The van der Waals surface area contributed by atoms with E-state index < -0.39 is 58.4 Å². The number of carbonyl (C=O) groups is 5. The standard InChI is InChI=1S/C39H58BF2N5O9S/c1-6-7-8-9-11-15-30-25-31(45-34(30)26-33-29(16-14-23-47(3,4)5)24-28(2)44(33)40(45,41)42)19-20-36(49)43-32(27-57(53,54)55)35(48)17-12-10-13-18-39(52)56-46-37(50)21-22-38(46)51/h24-26,32H,6-23,27H2,1-5H3,(H-,43,49,53,54,55). The highest BCUT2D eigenvalue weighted by Gasteiger charge is 2.54. The molecule has 1 aromatic rings. The number of unbranched alkanes of at least 4 members (excludes halogenated alkanes) is 6. The molecule has 3 aliphatic heterocycles. The Kier molecular flexibility index (Phi) is 15.7. The average molecular weight is 822 g/mol. The van der Waals surface area contributed by atoms with Gasteiger partial charge >= 0.3 is 12.9 Å². The lowest BCUT2D eigenvalue weighted by Gasteiger charge is -2.31. The number of hydroxylamine groups is 2. The number of hydrogen-bond acceptors (Lipinski definition) is 9. The molecule has 3 amide bonds. The molecule has 1 unspecified atom stereocenters. The topological polar surface area (TPSA) is 175 Å². The van der Waals surface area contributed by atoms with Crippen molar-refractivity contribution in [3.8, 4) is 0 Å². The van der Waals surface area contributed by atoms with Crippen molar-refractivity contribution in [3.05, 3.63) is 40.4 Å². The Bertz CT molecular complexity index is 1900. The summed E-state index contributed by atoms with van der Waals surface area (Å²) in [6.07, 6.45) is 10.4. The van der Waals surface area contributed by atoms with Gasteiger partial charge in [-0.15, -0.1) is 5.06 Å². The zero-order chi connectivity index (χ0) is 42.1. The van der Waals surface area contributed by atoms with Crippen molar-refractivity contribution in [2.45, 2.75) is 129 Å². The van der Waals surface area contributed by atoms with Crippen molar-refractivity contribution in [2.75, 3.05) is 33.4 Å². The minimum absolute atomic E-state index is 0.0392. The van der Waals surface area contributed by atoms with E-state index in [9.17, 15) is 36.9 Å². The normalized spacial score (nSPS) is 17.0. The fraction of sp³-hybridized carbons (Fsp3) is 0.641. The first-order valence-electron chi connectivity index (χ1n) is 20.2. The maximum atomic E-state index is 16.8. The summed E-state index contributed by atoms with van der Waals surface area (Å²) in [6, 6.07) is 0.190. The highest BCUT2D eigenvalue weighted by Crippen LogP contribution is 2.39. The Morgan fingerprint density at radius 1 is 0.930 bits per heavy atom. The molecule has 14 nitrogen and oxygen atoms in total. The first-order valence-corrected chi connectivity index (χ1v) is 21.7. The average Bonchev–Trinajstić information content (AvgIpc) is 3.74. The van der Waals surface area contributed by atoms with Gasteiger partial charge in [0.15, 0.2) is 11.5 Å². The zero-order valence-electron chi connectivity index (χ0n) is 33.9. The molecule has 3 aliphatic rings. The summed E-state index contributed by atoms with van der Waals surface area (Å²) in [7, 11) is 1.33. The van der Waals surface area contributed by atoms with Crippen molar-refractivity contribution < 1.29 is 59.4 Å². The number of imide groups is 1. The van der Waals surface area contributed by atoms with Gasteiger partial charge in [-0.25, -0.2) is 13.2 Å². The molecule has 1 aromatic heterocycles. The molecule has 0 aromatic carbocycles. The van der Waals surface area contributed by atoms with E-state index in [1.54, 1.807) is 13.0 Å². The number of nitrogens with zero attached hydrogens (tertiary/aromatic N) is 4. The fourth-order valence-electron chi connectivity index (χ4n) is 7.65. The molecule has 1 saturated heterocycles. The number of halogens is 2. The van der Waals surface area contributed by atoms with E-state index in [-0.39, 0.29) is 57.1 Å². The van der Waals surface area contributed by atoms with Gasteiger partial charge in [-0.05, 0) is 56.4 Å². The van der Waals surface area contributed by atoms with Crippen LogP contribution in [-0.4, -0.2) is 113 Å². The molecule has 0 radical (unpaired) electrons. The number of amides is 3. The summed E-state index contributed by atoms with van der Waals surface area (Å²) in [5.41, 5.74) is 3.22. The number of hydrogen-bond donors (Lipinski definition) is 1. The van der Waals surface area contributed by atoms with E-state index in [1.165, 1.54) is 0 Å². The predicted octanol–water partition coefficient (Wildman–Crippen LogP) is 4.70. The number of allylic oxidation sites excluding steroid dienone is 2. The number of fused-ring (bicyclic) bond motifs is 2. The fourth-order valence-corrected chi connectivity index (χ4v) is 8.33. The number of rotatable bonds is 24. The van der Waals surface area contributed by atoms with Crippen molar-refractivity contribution in [1.29, 1.82) is 0 Å². The maximum absolute atomic E-state index is 16.8. The second-order valence-electron chi connectivity index (χ2n) is 16.4. The smallest absolute Gasteiger partial charge is 0.737 e. The summed E-state index contributed by atoms with van der Waals surface area (Å²) in [5, 5.41) is 2.80. The zero-order valence-corrected chi connectivity index (χ0v) is 34.8. The number of nitrogens with one attached hydrogen (secondary N) is 1. The molecule has 0 saturated carbocycles. The molecule has 0 spiro atoms. The van der Waals surface area contributed by atoms with E-state index in [4.69, 9.17) is 4.84 Å². The van der Waals surface area contributed by atoms with Crippen LogP contribution in [0.15, 0.2) is 23.4 Å². The minimum Gasteiger partial charge on any atom is -0.748 e. The molecular weight excluding hydrogens is 763 g/mol. The van der Waals surface area contributed by atoms with E-state index in [0.717, 1.165) is 69.7 Å². The van der Waals surface area contributed by atoms with E-state index in [1.807, 2.05) is 12.1 Å². The number of aryl methyl sites for hydroxylation is 2. The van der Waals surface area contributed by atoms with E-state index in [2.05, 4.69) is 33.4 Å². The Labute approximate surface area is 334 Å². The van der Waals surface area contributed by atoms with Crippen LogP contribution in [0, 0.1) is 6.92 Å². The lowest BCUT2D eigenvalue weighted by Crippen LogP contribution is -2.51. The highest BCUT2D eigenvalue weighted by atomic mass is 32.2. The molecule has 1 fully saturated rings. The van der Waals surface area contributed by atoms with Gasteiger partial charge in [0.25, 0.3) is 11.8 Å². The van der Waals surface area contributed by atoms with Crippen molar-refractivity contribution in [2.24, 2.45) is 0 Å². The van der Waals surface area contributed by atoms with Crippen LogP contribution >= 0.6 is 0 Å². The summed E-state index contributed by atoms with van der Waals surface area (Å²) in [5.74, 6) is -4.66. The van der Waals surface area contributed by atoms with Crippen LogP contribution in [0.25, 0.3) is 6.08 Å². The molecule has 4 heterocycles. The molecule has 0 bridgehead atoms. The lowest BCUT2D eigenvalue weighted by molar-refractivity contribution is -0.870. The SMILES string of the molecule is CCCCCCCC1=CC(CCC(=O)NC(CS(=O)(=O)[O-])C(=O)CCCCCC(=O)ON2C(=O)CCC2=O)=[N+]2C1=Cc1c(CCC[N+](C)(C)C)cc(C)n1[B-]2(F)F. The largest absolute Gasteiger partial charge is 0.748 e. The molecule has 1 atom stereocenters. The summed E-state index contributed by atoms with van der Waals surface area (Å²) < 4.78 is 71.6. The van der Waals surface area contributed by atoms with Gasteiger partial charge < -0.3 is 36.8 Å². The van der Waals surface area contributed by atoms with Crippen molar-refractivity contribution in [1.82, 2.24) is 14.9 Å². The number of aromatic nitrogens is 1. The Hall–Kier alpha value is -4.03. The highest BCUT2D eigenvalue weighted by molar-refractivity contribution is 7.85. The molecule has 18 heteroatoms. The predicted molar refractivity (Wildman–Crippen MR) is 209 cm³/mol. The van der Waals surface area contributed by atoms with Crippen LogP contribution in [0.4, 0.5) is 8.63 Å². The monoisotopic (exact) mass is 821 g/mol. The maximum Gasteiger partial charge on any atom is 0.737 e. The quantitative estimate of drug-likeness (QED) is 0.0510. The molecule has 57 heavy (non-hydrogen) atoms. The Balaban J connectivity index is 1.43. The van der Waals surface area contributed by atoms with Gasteiger partial charge in [0.2, 0.25) is 5.91 Å². The van der Waals surface area contributed by atoms with Gasteiger partial charge in [0.05, 0.1) is 43.6 Å². The third-order valence-electron chi connectivity index (χ3n) is 10.5. The summed E-state index contributed by atoms with van der Waals surface area (Å²) in [6.45, 7) is 0.339. The van der Waals surface area contributed by atoms with Crippen LogP contribution in [0.3, 0.4) is 0 Å². The Morgan fingerprint density at radius 2 is 1.58 bits per heavy atom. The summed E-state index contributed by atoms with van der Waals surface area (Å²) in [4.78, 5) is 66.4. The van der Waals surface area contributed by atoms with Crippen molar-refractivity contribution >= 4 is 58.3 Å². The number of quaternary nitrogens is 1. The first kappa shape index (κ1) is 45.7. The Morgan fingerprint density at radius 3 is 2.23 bits per heavy atom. The molecule has 1 N–H and O–H groups in total. The van der Waals surface area contributed by atoms with Crippen molar-refractivity contribution in [3.63, 3.8) is 0 Å². The second kappa shape index (κ2) is 19.6. The van der Waals surface area contributed by atoms with Crippen LogP contribution in [0.5, 0.6) is 0 Å². The lowest BCUT2D eigenvalue weighted by atomic mass is 9.88. The number of Topliss-reactive ketones (excluding diaryl/α,β-unsaturated/α-hetero) is 1. The third-order valence-corrected chi connectivity index (χ3v) is 11.3. The van der Waals surface area contributed by atoms with Gasteiger partial charge in [-0.2, -0.15) is 0 Å². The van der Waals surface area contributed by atoms with Gasteiger partial charge in [0, 0.05) is 68.4 Å². The van der Waals surface area contributed by atoms with E-state index >= 15 is 8.63 Å². The molecule has 0 aliphatic carbocycles. The van der Waals surface area contributed by atoms with Crippen LogP contribution in [0.1, 0.15) is 127 Å². The van der Waals surface area contributed by atoms with Gasteiger partial charge in [-0.1, -0.05) is 39.0 Å². The van der Waals surface area contributed by atoms with Crippen LogP contribution < -0.4 is 5.32 Å². The number of ketones is 1. The first-order chi connectivity index (χ1) is 26.7. The molecular formula is C39H58BF2N5O9S. The van der Waals surface area contributed by atoms with Gasteiger partial charge in [0.1, 0.15) is 11.8 Å². The third kappa shape index (κ3) is 12.7. The van der Waals surface area contributed by atoms with Gasteiger partial charge in [-0.3, -0.25) is 19.2 Å². The second-order valence-corrected chi connectivity index (χ2v) is 17.9. The summed E-state index contributed by atoms with van der Waals surface area (Å²) >= 11 is 0. The number of carbonyl (C=O) groups excluding carboxylic acids is 5.